The summed E-state index contributed by atoms with van der Waals surface area (Å²) >= 11 is 0. The molecule has 0 amide bonds. The monoisotopic (exact) mass is 504 g/mol. The lowest BCUT2D eigenvalue weighted by Gasteiger charge is -2.23. The average Bonchev–Trinajstić information content (AvgIpc) is 2.82. The first-order valence-corrected chi connectivity index (χ1v) is 13.4. The van der Waals surface area contributed by atoms with Crippen LogP contribution in [0.5, 0.6) is 5.75 Å². The van der Waals surface area contributed by atoms with Gasteiger partial charge in [0.25, 0.3) is 0 Å². The summed E-state index contributed by atoms with van der Waals surface area (Å²) in [7, 11) is -2.01. The van der Waals surface area contributed by atoms with Gasteiger partial charge < -0.3 is 14.6 Å². The Kier molecular flexibility index (Phi) is 10.6. The van der Waals surface area contributed by atoms with E-state index < -0.39 is 27.5 Å². The van der Waals surface area contributed by atoms with Crippen LogP contribution >= 0.6 is 0 Å². The molecule has 2 aromatic carbocycles. The van der Waals surface area contributed by atoms with E-state index in [4.69, 9.17) is 9.47 Å². The molecular weight excluding hydrogens is 468 g/mol. The van der Waals surface area contributed by atoms with Crippen LogP contribution in [0.3, 0.4) is 0 Å². The van der Waals surface area contributed by atoms with Crippen LogP contribution < -0.4 is 4.74 Å². The molecule has 2 aromatic rings. The number of hydrogen-bond acceptors (Lipinski definition) is 7. The SMILES string of the molecule is COc1ccc(CO[C@H](C)C(=O)C[C@@H](O)CCCC(=O)C(C)(C)CS(=O)(=O)c2ccccc2)cc1. The van der Waals surface area contributed by atoms with E-state index in [-0.39, 0.29) is 48.1 Å². The molecule has 0 aliphatic rings. The highest BCUT2D eigenvalue weighted by molar-refractivity contribution is 7.91. The number of carbonyl (C=O) groups is 2. The van der Waals surface area contributed by atoms with Gasteiger partial charge in [-0.15, -0.1) is 0 Å². The summed E-state index contributed by atoms with van der Waals surface area (Å²) in [5.41, 5.74) is -0.152. The molecule has 0 fully saturated rings. The second-order valence-corrected chi connectivity index (χ2v) is 11.4. The lowest BCUT2D eigenvalue weighted by atomic mass is 9.87. The summed E-state index contributed by atoms with van der Waals surface area (Å²) in [6, 6.07) is 15.4. The van der Waals surface area contributed by atoms with Crippen LogP contribution in [0.1, 0.15) is 52.0 Å². The summed E-state index contributed by atoms with van der Waals surface area (Å²) < 4.78 is 36.0. The number of ether oxygens (including phenoxy) is 2. The predicted molar refractivity (Wildman–Crippen MR) is 134 cm³/mol. The number of aliphatic hydroxyl groups excluding tert-OH is 1. The van der Waals surface area contributed by atoms with Crippen molar-refractivity contribution in [2.45, 2.75) is 70.2 Å². The third kappa shape index (κ3) is 9.20. The molecule has 0 aliphatic carbocycles. The zero-order chi connectivity index (χ0) is 26.1. The second kappa shape index (κ2) is 13.0. The fourth-order valence-corrected chi connectivity index (χ4v) is 5.49. The van der Waals surface area contributed by atoms with Crippen LogP contribution in [0.25, 0.3) is 0 Å². The molecule has 0 spiro atoms. The van der Waals surface area contributed by atoms with Crippen molar-refractivity contribution in [1.82, 2.24) is 0 Å². The Morgan fingerprint density at radius 3 is 2.26 bits per heavy atom. The summed E-state index contributed by atoms with van der Waals surface area (Å²) in [6.45, 7) is 5.16. The first-order valence-electron chi connectivity index (χ1n) is 11.7. The van der Waals surface area contributed by atoms with Crippen LogP contribution in [0.4, 0.5) is 0 Å². The normalized spacial score (nSPS) is 13.7. The van der Waals surface area contributed by atoms with Gasteiger partial charge in [-0.3, -0.25) is 9.59 Å². The van der Waals surface area contributed by atoms with Crippen molar-refractivity contribution in [1.29, 1.82) is 0 Å². The highest BCUT2D eigenvalue weighted by atomic mass is 32.2. The second-order valence-electron chi connectivity index (χ2n) is 9.40. The molecule has 0 radical (unpaired) electrons. The zero-order valence-electron chi connectivity index (χ0n) is 20.9. The van der Waals surface area contributed by atoms with Crippen molar-refractivity contribution in [3.05, 3.63) is 60.2 Å². The van der Waals surface area contributed by atoms with Crippen LogP contribution in [0.2, 0.25) is 0 Å². The molecular formula is C27H36O7S. The first-order chi connectivity index (χ1) is 16.4. The average molecular weight is 505 g/mol. The Labute approximate surface area is 208 Å². The molecule has 2 atom stereocenters. The number of sulfone groups is 1. The number of benzene rings is 2. The minimum Gasteiger partial charge on any atom is -0.497 e. The van der Waals surface area contributed by atoms with Gasteiger partial charge in [-0.2, -0.15) is 0 Å². The van der Waals surface area contributed by atoms with Crippen LogP contribution in [-0.4, -0.2) is 50.2 Å². The van der Waals surface area contributed by atoms with E-state index in [1.54, 1.807) is 46.1 Å². The maximum atomic E-state index is 12.7. The Hall–Kier alpha value is -2.55. The molecule has 2 rings (SSSR count). The van der Waals surface area contributed by atoms with E-state index >= 15 is 0 Å². The van der Waals surface area contributed by atoms with Crippen molar-refractivity contribution < 1.29 is 32.6 Å². The van der Waals surface area contributed by atoms with Gasteiger partial charge >= 0.3 is 0 Å². The van der Waals surface area contributed by atoms with Crippen LogP contribution in [-0.2, 0) is 30.8 Å². The minimum absolute atomic E-state index is 0.0657. The smallest absolute Gasteiger partial charge is 0.179 e. The summed E-state index contributed by atoms with van der Waals surface area (Å²) in [5.74, 6) is 0.0477. The summed E-state index contributed by atoms with van der Waals surface area (Å²) in [4.78, 5) is 25.3. The van der Waals surface area contributed by atoms with E-state index in [9.17, 15) is 23.1 Å². The molecule has 0 saturated carbocycles. The molecule has 7 nitrogen and oxygen atoms in total. The fourth-order valence-electron chi connectivity index (χ4n) is 3.64. The minimum atomic E-state index is -3.59. The maximum absolute atomic E-state index is 12.7. The highest BCUT2D eigenvalue weighted by Crippen LogP contribution is 2.26. The Morgan fingerprint density at radius 1 is 1.03 bits per heavy atom. The number of Topliss-reactive ketones (excluding diaryl/α,β-unsaturated/α-hetero) is 2. The Balaban J connectivity index is 1.75. The predicted octanol–water partition coefficient (Wildman–Crippen LogP) is 4.16. The van der Waals surface area contributed by atoms with Crippen molar-refractivity contribution in [2.75, 3.05) is 12.9 Å². The third-order valence-electron chi connectivity index (χ3n) is 5.90. The number of ketones is 2. The van der Waals surface area contributed by atoms with E-state index in [2.05, 4.69) is 0 Å². The Morgan fingerprint density at radius 2 is 1.66 bits per heavy atom. The summed E-state index contributed by atoms with van der Waals surface area (Å²) in [6.07, 6.45) is -0.863. The molecule has 8 heteroatoms. The number of hydrogen-bond donors (Lipinski definition) is 1. The molecule has 0 saturated heterocycles. The van der Waals surface area contributed by atoms with E-state index in [1.165, 1.54) is 12.1 Å². The fraction of sp³-hybridized carbons (Fsp3) is 0.481. The van der Waals surface area contributed by atoms with Crippen molar-refractivity contribution in [3.63, 3.8) is 0 Å². The molecule has 1 N–H and O–H groups in total. The van der Waals surface area contributed by atoms with E-state index in [0.717, 1.165) is 11.3 Å². The molecule has 0 aromatic heterocycles. The summed E-state index contributed by atoms with van der Waals surface area (Å²) in [5, 5.41) is 10.3. The Bertz CT molecular complexity index is 1060. The number of rotatable bonds is 15. The third-order valence-corrected chi connectivity index (χ3v) is 7.99. The highest BCUT2D eigenvalue weighted by Gasteiger charge is 2.33. The molecule has 35 heavy (non-hydrogen) atoms. The lowest BCUT2D eigenvalue weighted by molar-refractivity contribution is -0.132. The first kappa shape index (κ1) is 28.7. The molecule has 0 unspecified atom stereocenters. The van der Waals surface area contributed by atoms with Crippen molar-refractivity contribution >= 4 is 21.4 Å². The number of carbonyl (C=O) groups excluding carboxylic acids is 2. The molecule has 192 valence electrons. The lowest BCUT2D eigenvalue weighted by Crippen LogP contribution is -2.32. The maximum Gasteiger partial charge on any atom is 0.179 e. The van der Waals surface area contributed by atoms with Gasteiger partial charge in [0.1, 0.15) is 17.6 Å². The van der Waals surface area contributed by atoms with Gasteiger partial charge in [0, 0.05) is 18.3 Å². The molecule has 0 bridgehead atoms. The van der Waals surface area contributed by atoms with Gasteiger partial charge in [-0.05, 0) is 49.6 Å². The standard InChI is InChI=1S/C27H36O7S/c1-20(34-18-21-13-15-23(33-4)16-14-21)25(29)17-22(28)9-8-12-26(30)27(2,3)19-35(31,32)24-10-6-5-7-11-24/h5-7,10-11,13-16,20,22,28H,8-9,12,17-19H2,1-4H3/t20-,22+/m1/s1. The van der Waals surface area contributed by atoms with Crippen LogP contribution in [0.15, 0.2) is 59.5 Å². The van der Waals surface area contributed by atoms with Gasteiger partial charge in [0.05, 0.1) is 30.5 Å². The van der Waals surface area contributed by atoms with Crippen molar-refractivity contribution in [2.24, 2.45) is 5.41 Å². The number of aliphatic hydroxyl groups is 1. The topological polar surface area (TPSA) is 107 Å². The quantitative estimate of drug-likeness (QED) is 0.388. The zero-order valence-corrected chi connectivity index (χ0v) is 21.7. The molecule has 0 heterocycles. The largest absolute Gasteiger partial charge is 0.497 e. The molecule has 0 aliphatic heterocycles. The number of methoxy groups -OCH3 is 1. The van der Waals surface area contributed by atoms with Crippen molar-refractivity contribution in [3.8, 4) is 5.75 Å². The van der Waals surface area contributed by atoms with Gasteiger partial charge in [-0.25, -0.2) is 8.42 Å². The van der Waals surface area contributed by atoms with Gasteiger partial charge in [0.2, 0.25) is 0 Å². The van der Waals surface area contributed by atoms with Gasteiger partial charge in [0.15, 0.2) is 15.6 Å². The van der Waals surface area contributed by atoms with E-state index in [1.807, 2.05) is 24.3 Å². The van der Waals surface area contributed by atoms with E-state index in [0.29, 0.717) is 6.42 Å². The van der Waals surface area contributed by atoms with Gasteiger partial charge in [-0.1, -0.05) is 44.2 Å². The van der Waals surface area contributed by atoms with Crippen LogP contribution in [0, 0.1) is 5.41 Å².